The van der Waals surface area contributed by atoms with Gasteiger partial charge < -0.3 is 5.48 Å². The summed E-state index contributed by atoms with van der Waals surface area (Å²) in [5.74, 6) is -0.185. The van der Waals surface area contributed by atoms with E-state index in [9.17, 15) is 9.59 Å². The maximum atomic E-state index is 11.2. The van der Waals surface area contributed by atoms with Gasteiger partial charge in [-0.25, -0.2) is 0 Å². The topological polar surface area (TPSA) is 65.6 Å². The Morgan fingerprint density at radius 1 is 0.769 bits per heavy atom. The second-order valence-corrected chi connectivity index (χ2v) is 2.61. The van der Waals surface area contributed by atoms with Crippen LogP contribution in [0.4, 0.5) is 0 Å². The lowest BCUT2D eigenvalue weighted by Crippen LogP contribution is -2.10. The van der Waals surface area contributed by atoms with Crippen LogP contribution in [0.3, 0.4) is 0 Å². The standard InChI is InChI=1S/C10H6O2.H2O/c11-9-5-6-10(12)8-4-2-1-3-7(8)9;/h1-6H;1H2. The summed E-state index contributed by atoms with van der Waals surface area (Å²) in [7, 11) is 0. The van der Waals surface area contributed by atoms with Crippen molar-refractivity contribution < 1.29 is 15.1 Å². The Balaban J connectivity index is 0.000000845. The quantitative estimate of drug-likeness (QED) is 0.586. The number of hydrogen-bond donors (Lipinski definition) is 0. The molecule has 66 valence electrons. The molecule has 0 saturated heterocycles. The minimum Gasteiger partial charge on any atom is -0.412 e. The van der Waals surface area contributed by atoms with Crippen molar-refractivity contribution in [2.24, 2.45) is 0 Å². The first-order valence-electron chi connectivity index (χ1n) is 3.65. The largest absolute Gasteiger partial charge is 0.412 e. The molecule has 0 heterocycles. The zero-order valence-electron chi connectivity index (χ0n) is 6.78. The summed E-state index contributed by atoms with van der Waals surface area (Å²) < 4.78 is 0. The van der Waals surface area contributed by atoms with E-state index in [1.165, 1.54) is 12.2 Å². The zero-order valence-corrected chi connectivity index (χ0v) is 6.78. The Labute approximate surface area is 75.0 Å². The van der Waals surface area contributed by atoms with E-state index in [1.807, 2.05) is 0 Å². The van der Waals surface area contributed by atoms with Crippen molar-refractivity contribution >= 4 is 11.6 Å². The summed E-state index contributed by atoms with van der Waals surface area (Å²) in [5.41, 5.74) is 1.01. The number of hydrogen-bond acceptors (Lipinski definition) is 2. The maximum Gasteiger partial charge on any atom is 0.186 e. The molecule has 1 aliphatic rings. The van der Waals surface area contributed by atoms with Crippen molar-refractivity contribution in [3.8, 4) is 0 Å². The van der Waals surface area contributed by atoms with Crippen LogP contribution in [0.15, 0.2) is 36.4 Å². The van der Waals surface area contributed by atoms with Gasteiger partial charge in [-0.05, 0) is 12.2 Å². The highest BCUT2D eigenvalue weighted by molar-refractivity contribution is 6.21. The molecule has 3 heteroatoms. The molecule has 0 bridgehead atoms. The number of benzene rings is 1. The van der Waals surface area contributed by atoms with Crippen molar-refractivity contribution in [2.75, 3.05) is 0 Å². The zero-order chi connectivity index (χ0) is 8.55. The highest BCUT2D eigenvalue weighted by Gasteiger charge is 2.16. The van der Waals surface area contributed by atoms with E-state index in [1.54, 1.807) is 24.3 Å². The lowest BCUT2D eigenvalue weighted by molar-refractivity contribution is 0.0994. The fraction of sp³-hybridized carbons (Fsp3) is 0. The molecule has 3 nitrogen and oxygen atoms in total. The molecule has 0 spiro atoms. The van der Waals surface area contributed by atoms with Crippen molar-refractivity contribution in [2.45, 2.75) is 0 Å². The Hall–Kier alpha value is -1.74. The van der Waals surface area contributed by atoms with E-state index in [-0.39, 0.29) is 17.0 Å². The molecule has 13 heavy (non-hydrogen) atoms. The van der Waals surface area contributed by atoms with Crippen LogP contribution in [0.1, 0.15) is 20.7 Å². The minimum absolute atomic E-state index is 0. The molecule has 0 aliphatic heterocycles. The fourth-order valence-electron chi connectivity index (χ4n) is 1.24. The molecule has 0 fully saturated rings. The summed E-state index contributed by atoms with van der Waals surface area (Å²) in [5, 5.41) is 0. The van der Waals surface area contributed by atoms with E-state index in [2.05, 4.69) is 0 Å². The molecule has 2 N–H and O–H groups in total. The number of carbonyl (C=O) groups excluding carboxylic acids is 2. The molecule has 0 atom stereocenters. The third-order valence-electron chi connectivity index (χ3n) is 1.84. The molecule has 2 rings (SSSR count). The van der Waals surface area contributed by atoms with Crippen LogP contribution < -0.4 is 0 Å². The molecule has 0 aromatic heterocycles. The second kappa shape index (κ2) is 3.33. The lowest BCUT2D eigenvalue weighted by Gasteiger charge is -2.06. The van der Waals surface area contributed by atoms with Gasteiger partial charge in [0.05, 0.1) is 0 Å². The number of allylic oxidation sites excluding steroid dienone is 2. The number of ketones is 2. The Bertz CT molecular complexity index is 354. The van der Waals surface area contributed by atoms with Gasteiger partial charge in [-0.2, -0.15) is 0 Å². The first kappa shape index (κ1) is 9.35. The molecule has 0 unspecified atom stereocenters. The van der Waals surface area contributed by atoms with E-state index in [0.29, 0.717) is 11.1 Å². The average Bonchev–Trinajstić information content (AvgIpc) is 2.12. The van der Waals surface area contributed by atoms with Gasteiger partial charge in [0.15, 0.2) is 11.6 Å². The average molecular weight is 176 g/mol. The summed E-state index contributed by atoms with van der Waals surface area (Å²) in [6.07, 6.45) is 2.62. The minimum atomic E-state index is -0.0924. The maximum absolute atomic E-state index is 11.2. The lowest BCUT2D eigenvalue weighted by atomic mass is 9.95. The van der Waals surface area contributed by atoms with Crippen LogP contribution >= 0.6 is 0 Å². The molecule has 1 aliphatic carbocycles. The Kier molecular flexibility index (Phi) is 2.39. The van der Waals surface area contributed by atoms with Crippen LogP contribution in [-0.4, -0.2) is 17.0 Å². The van der Waals surface area contributed by atoms with E-state index < -0.39 is 0 Å². The fourth-order valence-corrected chi connectivity index (χ4v) is 1.24. The summed E-state index contributed by atoms with van der Waals surface area (Å²) in [4.78, 5) is 22.4. The highest BCUT2D eigenvalue weighted by atomic mass is 16.1. The SMILES string of the molecule is O.O=C1C=CC(=O)c2ccccc21. The number of carbonyl (C=O) groups is 2. The molecule has 1 aromatic rings. The predicted octanol–water partition coefficient (Wildman–Crippen LogP) is 0.797. The van der Waals surface area contributed by atoms with E-state index >= 15 is 0 Å². The van der Waals surface area contributed by atoms with Crippen LogP contribution in [-0.2, 0) is 0 Å². The molecular formula is C10H8O3. The van der Waals surface area contributed by atoms with Gasteiger partial charge in [0, 0.05) is 11.1 Å². The van der Waals surface area contributed by atoms with Gasteiger partial charge in [-0.3, -0.25) is 9.59 Å². The Morgan fingerprint density at radius 2 is 1.15 bits per heavy atom. The van der Waals surface area contributed by atoms with Gasteiger partial charge >= 0.3 is 0 Å². The number of rotatable bonds is 0. The third kappa shape index (κ3) is 1.41. The first-order chi connectivity index (χ1) is 5.79. The highest BCUT2D eigenvalue weighted by Crippen LogP contribution is 2.15. The third-order valence-corrected chi connectivity index (χ3v) is 1.84. The van der Waals surface area contributed by atoms with Crippen LogP contribution in [0.2, 0.25) is 0 Å². The van der Waals surface area contributed by atoms with Crippen molar-refractivity contribution in [1.82, 2.24) is 0 Å². The monoisotopic (exact) mass is 176 g/mol. The van der Waals surface area contributed by atoms with Gasteiger partial charge in [0.1, 0.15) is 0 Å². The van der Waals surface area contributed by atoms with Crippen LogP contribution in [0.25, 0.3) is 0 Å². The normalized spacial score (nSPS) is 13.5. The summed E-state index contributed by atoms with van der Waals surface area (Å²) in [6.45, 7) is 0. The van der Waals surface area contributed by atoms with Crippen molar-refractivity contribution in [3.05, 3.63) is 47.5 Å². The predicted molar refractivity (Wildman–Crippen MR) is 47.9 cm³/mol. The van der Waals surface area contributed by atoms with Gasteiger partial charge in [-0.15, -0.1) is 0 Å². The summed E-state index contributed by atoms with van der Waals surface area (Å²) >= 11 is 0. The molecule has 0 amide bonds. The van der Waals surface area contributed by atoms with Crippen LogP contribution in [0.5, 0.6) is 0 Å². The summed E-state index contributed by atoms with van der Waals surface area (Å²) in [6, 6.07) is 6.84. The second-order valence-electron chi connectivity index (χ2n) is 2.61. The number of fused-ring (bicyclic) bond motifs is 1. The van der Waals surface area contributed by atoms with E-state index in [4.69, 9.17) is 0 Å². The van der Waals surface area contributed by atoms with E-state index in [0.717, 1.165) is 0 Å². The van der Waals surface area contributed by atoms with Crippen molar-refractivity contribution in [3.63, 3.8) is 0 Å². The smallest absolute Gasteiger partial charge is 0.186 e. The molecule has 0 saturated carbocycles. The van der Waals surface area contributed by atoms with Crippen LogP contribution in [0, 0.1) is 0 Å². The van der Waals surface area contributed by atoms with Gasteiger partial charge in [0.2, 0.25) is 0 Å². The molecular weight excluding hydrogens is 168 g/mol. The molecule has 1 aromatic carbocycles. The van der Waals surface area contributed by atoms with Gasteiger partial charge in [0.25, 0.3) is 0 Å². The van der Waals surface area contributed by atoms with Crippen molar-refractivity contribution in [1.29, 1.82) is 0 Å². The Morgan fingerprint density at radius 3 is 1.54 bits per heavy atom. The molecule has 0 radical (unpaired) electrons. The first-order valence-corrected chi connectivity index (χ1v) is 3.65. The van der Waals surface area contributed by atoms with Gasteiger partial charge in [-0.1, -0.05) is 24.3 Å².